The van der Waals surface area contributed by atoms with Gasteiger partial charge >= 0.3 is 0 Å². The number of rotatable bonds is 3. The number of aromatic nitrogens is 2. The molecule has 0 atom stereocenters. The van der Waals surface area contributed by atoms with Gasteiger partial charge in [0.2, 0.25) is 5.91 Å². The lowest BCUT2D eigenvalue weighted by molar-refractivity contribution is -0.116. The van der Waals surface area contributed by atoms with Crippen molar-refractivity contribution in [3.63, 3.8) is 0 Å². The van der Waals surface area contributed by atoms with Gasteiger partial charge < -0.3 is 5.32 Å². The van der Waals surface area contributed by atoms with E-state index in [1.54, 1.807) is 12.1 Å². The van der Waals surface area contributed by atoms with Gasteiger partial charge in [0.25, 0.3) is 0 Å². The fourth-order valence-corrected chi connectivity index (χ4v) is 1.62. The quantitative estimate of drug-likeness (QED) is 0.851. The number of carbonyl (C=O) groups is 1. The van der Waals surface area contributed by atoms with E-state index in [1.165, 1.54) is 0 Å². The van der Waals surface area contributed by atoms with Gasteiger partial charge in [-0.2, -0.15) is 0 Å². The van der Waals surface area contributed by atoms with Crippen LogP contribution in [0.15, 0.2) is 24.3 Å². The van der Waals surface area contributed by atoms with Crippen molar-refractivity contribution in [3.05, 3.63) is 29.4 Å². The van der Waals surface area contributed by atoms with Crippen LogP contribution >= 0.6 is 11.6 Å². The summed E-state index contributed by atoms with van der Waals surface area (Å²) in [6.07, 6.45) is 1.30. The average molecular weight is 250 g/mol. The second kappa shape index (κ2) is 5.10. The number of hydrogen-bond donors (Lipinski definition) is 1. The summed E-state index contributed by atoms with van der Waals surface area (Å²) in [6, 6.07) is 7.16. The van der Waals surface area contributed by atoms with Crippen molar-refractivity contribution >= 4 is 34.4 Å². The van der Waals surface area contributed by atoms with Gasteiger partial charge in [0.1, 0.15) is 11.0 Å². The molecule has 1 N–H and O–H groups in total. The Labute approximate surface area is 104 Å². The number of carbonyl (C=O) groups excluding carboxylic acids is 1. The zero-order chi connectivity index (χ0) is 12.3. The van der Waals surface area contributed by atoms with E-state index in [-0.39, 0.29) is 5.91 Å². The summed E-state index contributed by atoms with van der Waals surface area (Å²) in [6.45, 7) is 1.95. The first-order chi connectivity index (χ1) is 8.19. The standard InChI is InChI=1S/C12H12ClN3O/c1-2-3-11(17)15-10-7-5-8-4-6-9(13)14-12(8)16-10/h4-7H,2-3H2,1H3,(H,14,15,16,17). The molecule has 4 nitrogen and oxygen atoms in total. The molecule has 0 aromatic carbocycles. The van der Waals surface area contributed by atoms with E-state index >= 15 is 0 Å². The zero-order valence-corrected chi connectivity index (χ0v) is 10.2. The minimum absolute atomic E-state index is 0.0404. The number of amides is 1. The fraction of sp³-hybridized carbons (Fsp3) is 0.250. The Morgan fingerprint density at radius 3 is 2.82 bits per heavy atom. The Morgan fingerprint density at radius 1 is 1.29 bits per heavy atom. The molecule has 0 bridgehead atoms. The number of nitrogens with zero attached hydrogens (tertiary/aromatic N) is 2. The monoisotopic (exact) mass is 249 g/mol. The van der Waals surface area contributed by atoms with E-state index < -0.39 is 0 Å². The maximum atomic E-state index is 11.4. The van der Waals surface area contributed by atoms with Crippen molar-refractivity contribution in [3.8, 4) is 0 Å². The van der Waals surface area contributed by atoms with Crippen molar-refractivity contribution in [1.82, 2.24) is 9.97 Å². The van der Waals surface area contributed by atoms with Gasteiger partial charge in [-0.05, 0) is 30.7 Å². The molecule has 5 heteroatoms. The lowest BCUT2D eigenvalue weighted by atomic mass is 10.3. The summed E-state index contributed by atoms with van der Waals surface area (Å²) < 4.78 is 0. The molecule has 1 amide bonds. The van der Waals surface area contributed by atoms with Gasteiger partial charge in [0.15, 0.2) is 5.65 Å². The number of nitrogens with one attached hydrogen (secondary N) is 1. The van der Waals surface area contributed by atoms with E-state index in [4.69, 9.17) is 11.6 Å². The summed E-state index contributed by atoms with van der Waals surface area (Å²) in [5, 5.41) is 4.00. The number of pyridine rings is 2. The first kappa shape index (κ1) is 11.8. The first-order valence-corrected chi connectivity index (χ1v) is 5.80. The third-order valence-corrected chi connectivity index (χ3v) is 2.47. The molecule has 17 heavy (non-hydrogen) atoms. The molecule has 0 saturated carbocycles. The van der Waals surface area contributed by atoms with Crippen LogP contribution in [0, 0.1) is 0 Å². The smallest absolute Gasteiger partial charge is 0.225 e. The summed E-state index contributed by atoms with van der Waals surface area (Å²) in [7, 11) is 0. The first-order valence-electron chi connectivity index (χ1n) is 5.42. The van der Waals surface area contributed by atoms with Gasteiger partial charge in [-0.15, -0.1) is 0 Å². The molecule has 2 aromatic rings. The van der Waals surface area contributed by atoms with E-state index in [0.29, 0.717) is 23.0 Å². The molecule has 0 aliphatic heterocycles. The highest BCUT2D eigenvalue weighted by Gasteiger charge is 2.04. The van der Waals surface area contributed by atoms with Crippen molar-refractivity contribution in [2.24, 2.45) is 0 Å². The number of hydrogen-bond acceptors (Lipinski definition) is 3. The van der Waals surface area contributed by atoms with E-state index in [0.717, 1.165) is 11.8 Å². The van der Waals surface area contributed by atoms with Crippen LogP contribution in [0.1, 0.15) is 19.8 Å². The molecule has 0 aliphatic rings. The van der Waals surface area contributed by atoms with Crippen LogP contribution in [0.5, 0.6) is 0 Å². The number of halogens is 1. The Bertz CT molecular complexity index is 556. The van der Waals surface area contributed by atoms with E-state index in [9.17, 15) is 4.79 Å². The Hall–Kier alpha value is -1.68. The lowest BCUT2D eigenvalue weighted by Gasteiger charge is -2.04. The average Bonchev–Trinajstić information content (AvgIpc) is 2.28. The van der Waals surface area contributed by atoms with E-state index in [2.05, 4.69) is 15.3 Å². The van der Waals surface area contributed by atoms with Crippen molar-refractivity contribution in [2.75, 3.05) is 5.32 Å². The lowest BCUT2D eigenvalue weighted by Crippen LogP contribution is -2.11. The Kier molecular flexibility index (Phi) is 3.54. The molecule has 2 aromatic heterocycles. The van der Waals surface area contributed by atoms with Gasteiger partial charge in [0.05, 0.1) is 0 Å². The molecular formula is C12H12ClN3O. The molecule has 0 saturated heterocycles. The zero-order valence-electron chi connectivity index (χ0n) is 9.40. The highest BCUT2D eigenvalue weighted by molar-refractivity contribution is 6.29. The van der Waals surface area contributed by atoms with Gasteiger partial charge in [-0.3, -0.25) is 4.79 Å². The van der Waals surface area contributed by atoms with E-state index in [1.807, 2.05) is 19.1 Å². The number of anilines is 1. The summed E-state index contributed by atoms with van der Waals surface area (Å²) in [5.74, 6) is 0.465. The van der Waals surface area contributed by atoms with Crippen LogP contribution in [0.3, 0.4) is 0 Å². The minimum atomic E-state index is -0.0404. The van der Waals surface area contributed by atoms with Crippen molar-refractivity contribution in [2.45, 2.75) is 19.8 Å². The summed E-state index contributed by atoms with van der Waals surface area (Å²) in [5.41, 5.74) is 0.534. The normalized spacial score (nSPS) is 10.5. The summed E-state index contributed by atoms with van der Waals surface area (Å²) in [4.78, 5) is 19.7. The largest absolute Gasteiger partial charge is 0.311 e. The molecule has 88 valence electrons. The molecule has 0 aliphatic carbocycles. The van der Waals surface area contributed by atoms with Gasteiger partial charge in [-0.1, -0.05) is 18.5 Å². The van der Waals surface area contributed by atoms with Gasteiger partial charge in [-0.25, -0.2) is 9.97 Å². The fourth-order valence-electron chi connectivity index (χ4n) is 1.48. The molecular weight excluding hydrogens is 238 g/mol. The van der Waals surface area contributed by atoms with Crippen LogP contribution < -0.4 is 5.32 Å². The highest BCUT2D eigenvalue weighted by atomic mass is 35.5. The topological polar surface area (TPSA) is 54.9 Å². The third-order valence-electron chi connectivity index (χ3n) is 2.26. The third kappa shape index (κ3) is 2.91. The van der Waals surface area contributed by atoms with Crippen LogP contribution in [0.4, 0.5) is 5.82 Å². The highest BCUT2D eigenvalue weighted by Crippen LogP contribution is 2.16. The predicted molar refractivity (Wildman–Crippen MR) is 68.1 cm³/mol. The molecule has 2 heterocycles. The number of fused-ring (bicyclic) bond motifs is 1. The Morgan fingerprint density at radius 2 is 2.06 bits per heavy atom. The van der Waals surface area contributed by atoms with Crippen LogP contribution in [0.2, 0.25) is 5.15 Å². The van der Waals surface area contributed by atoms with Crippen LogP contribution in [-0.4, -0.2) is 15.9 Å². The van der Waals surface area contributed by atoms with Crippen molar-refractivity contribution < 1.29 is 4.79 Å². The second-order valence-electron chi connectivity index (χ2n) is 3.68. The molecule has 0 radical (unpaired) electrons. The summed E-state index contributed by atoms with van der Waals surface area (Å²) >= 11 is 5.79. The van der Waals surface area contributed by atoms with Crippen LogP contribution in [0.25, 0.3) is 11.0 Å². The maximum Gasteiger partial charge on any atom is 0.225 e. The molecule has 2 rings (SSSR count). The van der Waals surface area contributed by atoms with Gasteiger partial charge in [0, 0.05) is 11.8 Å². The Balaban J connectivity index is 2.27. The molecule has 0 fully saturated rings. The SMILES string of the molecule is CCCC(=O)Nc1ccc2ccc(Cl)nc2n1. The van der Waals surface area contributed by atoms with Crippen molar-refractivity contribution in [1.29, 1.82) is 0 Å². The second-order valence-corrected chi connectivity index (χ2v) is 4.06. The molecule has 0 spiro atoms. The minimum Gasteiger partial charge on any atom is -0.311 e. The molecule has 0 unspecified atom stereocenters. The predicted octanol–water partition coefficient (Wildman–Crippen LogP) is 3.02. The van der Waals surface area contributed by atoms with Crippen LogP contribution in [-0.2, 0) is 4.79 Å². The maximum absolute atomic E-state index is 11.4.